The van der Waals surface area contributed by atoms with E-state index in [2.05, 4.69) is 5.32 Å². The van der Waals surface area contributed by atoms with E-state index < -0.39 is 5.97 Å². The molecule has 0 saturated carbocycles. The molecular weight excluding hydrogens is 421 g/mol. The van der Waals surface area contributed by atoms with Crippen LogP contribution in [0.1, 0.15) is 22.3 Å². The number of phenols is 1. The largest absolute Gasteiger partial charge is 0.508 e. The van der Waals surface area contributed by atoms with Crippen LogP contribution in [0.3, 0.4) is 0 Å². The zero-order valence-corrected chi connectivity index (χ0v) is 16.7. The third-order valence-electron chi connectivity index (χ3n) is 4.04. The van der Waals surface area contributed by atoms with Crippen molar-refractivity contribution >= 4 is 51.4 Å². The molecule has 1 amide bonds. The first-order valence-electron chi connectivity index (χ1n) is 8.24. The molecule has 8 heteroatoms. The van der Waals surface area contributed by atoms with E-state index in [1.54, 1.807) is 12.1 Å². The second-order valence-electron chi connectivity index (χ2n) is 6.01. The number of aromatic carboxylic acids is 1. The molecule has 0 saturated heterocycles. The minimum Gasteiger partial charge on any atom is -0.508 e. The Bertz CT molecular complexity index is 1030. The maximum Gasteiger partial charge on any atom is 0.338 e. The fourth-order valence-corrected chi connectivity index (χ4v) is 4.07. The van der Waals surface area contributed by atoms with Gasteiger partial charge in [0.05, 0.1) is 14.9 Å². The number of aromatic hydroxyl groups is 1. The number of carboxylic acid groups (broad SMARTS) is 1. The minimum absolute atomic E-state index is 0.0153. The summed E-state index contributed by atoms with van der Waals surface area (Å²) in [4.78, 5) is 23.3. The molecule has 1 heterocycles. The number of phenolic OH excluding ortho intramolecular Hbond substituents is 1. The molecule has 28 heavy (non-hydrogen) atoms. The maximum atomic E-state index is 12.2. The lowest BCUT2D eigenvalue weighted by atomic mass is 10.0. The highest BCUT2D eigenvalue weighted by Crippen LogP contribution is 2.32. The molecule has 0 atom stereocenters. The number of halogens is 2. The summed E-state index contributed by atoms with van der Waals surface area (Å²) < 4.78 is 0.302. The molecule has 144 valence electrons. The van der Waals surface area contributed by atoms with Gasteiger partial charge in [0.1, 0.15) is 10.8 Å². The van der Waals surface area contributed by atoms with Gasteiger partial charge in [-0.2, -0.15) is 0 Å². The summed E-state index contributed by atoms with van der Waals surface area (Å²) in [5, 5.41) is 21.9. The predicted octanol–water partition coefficient (Wildman–Crippen LogP) is 5.70. The highest BCUT2D eigenvalue weighted by Gasteiger charge is 2.16. The SMILES string of the molecule is O=C(CCc1ccc(-c2ccc(O)cc2Cl)cc1)Nc1sc(Cl)cc1C(=O)O. The van der Waals surface area contributed by atoms with E-state index in [1.807, 2.05) is 24.3 Å². The fourth-order valence-electron chi connectivity index (χ4n) is 2.65. The molecule has 5 nitrogen and oxygen atoms in total. The van der Waals surface area contributed by atoms with Crippen LogP contribution in [0.25, 0.3) is 11.1 Å². The normalized spacial score (nSPS) is 10.6. The van der Waals surface area contributed by atoms with Crippen molar-refractivity contribution in [2.24, 2.45) is 0 Å². The fraction of sp³-hybridized carbons (Fsp3) is 0.100. The molecule has 3 N–H and O–H groups in total. The lowest BCUT2D eigenvalue weighted by Gasteiger charge is -2.07. The van der Waals surface area contributed by atoms with Gasteiger partial charge in [-0.25, -0.2) is 4.79 Å². The number of carbonyl (C=O) groups is 2. The van der Waals surface area contributed by atoms with E-state index in [9.17, 15) is 14.7 Å². The van der Waals surface area contributed by atoms with Crippen LogP contribution in [0.4, 0.5) is 5.00 Å². The second kappa shape index (κ2) is 8.65. The van der Waals surface area contributed by atoms with Gasteiger partial charge in [-0.05, 0) is 41.8 Å². The van der Waals surface area contributed by atoms with Gasteiger partial charge >= 0.3 is 5.97 Å². The summed E-state index contributed by atoms with van der Waals surface area (Å²) in [5.41, 5.74) is 2.65. The highest BCUT2D eigenvalue weighted by atomic mass is 35.5. The number of hydrogen-bond donors (Lipinski definition) is 3. The van der Waals surface area contributed by atoms with Crippen molar-refractivity contribution in [3.05, 3.63) is 69.0 Å². The van der Waals surface area contributed by atoms with Crippen molar-refractivity contribution in [1.82, 2.24) is 0 Å². The lowest BCUT2D eigenvalue weighted by molar-refractivity contribution is -0.116. The molecule has 0 bridgehead atoms. The topological polar surface area (TPSA) is 86.6 Å². The number of anilines is 1. The molecule has 0 aliphatic carbocycles. The van der Waals surface area contributed by atoms with Gasteiger partial charge in [-0.15, -0.1) is 11.3 Å². The van der Waals surface area contributed by atoms with Crippen LogP contribution in [0, 0.1) is 0 Å². The standard InChI is InChI=1S/C20H15Cl2NO4S/c21-16-9-13(24)6-7-14(16)12-4-1-11(2-5-12)3-8-18(25)23-19-15(20(26)27)10-17(22)28-19/h1-2,4-7,9-10,24H,3,8H2,(H,23,25)(H,26,27). The van der Waals surface area contributed by atoms with E-state index in [0.29, 0.717) is 15.8 Å². The molecule has 3 aromatic rings. The van der Waals surface area contributed by atoms with Crippen LogP contribution in [-0.4, -0.2) is 22.1 Å². The van der Waals surface area contributed by atoms with Crippen molar-refractivity contribution in [1.29, 1.82) is 0 Å². The average Bonchev–Trinajstić information content (AvgIpc) is 3.01. The molecule has 1 aromatic heterocycles. The molecule has 0 fully saturated rings. The summed E-state index contributed by atoms with van der Waals surface area (Å²) in [6.07, 6.45) is 0.699. The van der Waals surface area contributed by atoms with Crippen LogP contribution >= 0.6 is 34.5 Å². The zero-order chi connectivity index (χ0) is 20.3. The van der Waals surface area contributed by atoms with E-state index in [4.69, 9.17) is 28.3 Å². The third-order valence-corrected chi connectivity index (χ3v) is 5.54. The quantitative estimate of drug-likeness (QED) is 0.463. The minimum atomic E-state index is -1.14. The summed E-state index contributed by atoms with van der Waals surface area (Å²) in [5.74, 6) is -1.32. The highest BCUT2D eigenvalue weighted by molar-refractivity contribution is 7.20. The van der Waals surface area contributed by atoms with Crippen molar-refractivity contribution in [3.63, 3.8) is 0 Å². The lowest BCUT2D eigenvalue weighted by Crippen LogP contribution is -2.13. The smallest absolute Gasteiger partial charge is 0.338 e. The van der Waals surface area contributed by atoms with Crippen LogP contribution in [0.15, 0.2) is 48.5 Å². The number of thiophene rings is 1. The number of hydrogen-bond acceptors (Lipinski definition) is 4. The molecular formula is C20H15Cl2NO4S. The number of nitrogens with one attached hydrogen (secondary N) is 1. The molecule has 0 radical (unpaired) electrons. The number of benzene rings is 2. The van der Waals surface area contributed by atoms with E-state index in [0.717, 1.165) is 28.0 Å². The van der Waals surface area contributed by atoms with Crippen LogP contribution in [-0.2, 0) is 11.2 Å². The second-order valence-corrected chi connectivity index (χ2v) is 8.10. The van der Waals surface area contributed by atoms with Crippen molar-refractivity contribution < 1.29 is 19.8 Å². The van der Waals surface area contributed by atoms with Crippen molar-refractivity contribution in [3.8, 4) is 16.9 Å². The average molecular weight is 436 g/mol. The monoisotopic (exact) mass is 435 g/mol. The van der Waals surface area contributed by atoms with Gasteiger partial charge in [0.2, 0.25) is 5.91 Å². The van der Waals surface area contributed by atoms with Gasteiger partial charge in [0, 0.05) is 12.0 Å². The Morgan fingerprint density at radius 1 is 1.04 bits per heavy atom. The summed E-state index contributed by atoms with van der Waals surface area (Å²) in [7, 11) is 0. The summed E-state index contributed by atoms with van der Waals surface area (Å²) >= 11 is 13.0. The Kier molecular flexibility index (Phi) is 6.24. The molecule has 3 rings (SSSR count). The molecule has 0 aliphatic heterocycles. The maximum absolute atomic E-state index is 12.2. The third kappa shape index (κ3) is 4.84. The predicted molar refractivity (Wildman–Crippen MR) is 112 cm³/mol. The summed E-state index contributed by atoms with van der Waals surface area (Å²) in [6.45, 7) is 0. The number of carbonyl (C=O) groups excluding carboxylic acids is 1. The van der Waals surface area contributed by atoms with E-state index in [-0.39, 0.29) is 28.6 Å². The number of rotatable bonds is 6. The van der Waals surface area contributed by atoms with E-state index in [1.165, 1.54) is 12.1 Å². The van der Waals surface area contributed by atoms with Crippen LogP contribution in [0.2, 0.25) is 9.36 Å². The first-order valence-corrected chi connectivity index (χ1v) is 9.81. The molecule has 0 spiro atoms. The Morgan fingerprint density at radius 3 is 2.39 bits per heavy atom. The number of aryl methyl sites for hydroxylation is 1. The Hall–Kier alpha value is -2.54. The van der Waals surface area contributed by atoms with Gasteiger partial charge in [-0.1, -0.05) is 47.5 Å². The van der Waals surface area contributed by atoms with Gasteiger partial charge in [0.15, 0.2) is 0 Å². The van der Waals surface area contributed by atoms with Crippen LogP contribution < -0.4 is 5.32 Å². The first-order chi connectivity index (χ1) is 13.3. The van der Waals surface area contributed by atoms with Gasteiger partial charge in [0.25, 0.3) is 0 Å². The first kappa shape index (κ1) is 20.2. The summed E-state index contributed by atoms with van der Waals surface area (Å²) in [6, 6.07) is 13.7. The number of carboxylic acids is 1. The van der Waals surface area contributed by atoms with Crippen LogP contribution in [0.5, 0.6) is 5.75 Å². The van der Waals surface area contributed by atoms with Gasteiger partial charge < -0.3 is 15.5 Å². The molecule has 2 aromatic carbocycles. The molecule has 0 unspecified atom stereocenters. The van der Waals surface area contributed by atoms with Gasteiger partial charge in [-0.3, -0.25) is 4.79 Å². The zero-order valence-electron chi connectivity index (χ0n) is 14.4. The Labute approximate surface area is 175 Å². The Balaban J connectivity index is 1.62. The van der Waals surface area contributed by atoms with Crippen molar-refractivity contribution in [2.75, 3.05) is 5.32 Å². The number of amides is 1. The van der Waals surface area contributed by atoms with E-state index >= 15 is 0 Å². The Morgan fingerprint density at radius 2 is 1.75 bits per heavy atom. The molecule has 0 aliphatic rings. The van der Waals surface area contributed by atoms with Crippen molar-refractivity contribution in [2.45, 2.75) is 12.8 Å².